The SMILES string of the molecule is Cn1c(COc2ccccc2Cl)nnc1SCc1ccc(Br)cc1F. The molecule has 0 bridgehead atoms. The Morgan fingerprint density at radius 1 is 1.24 bits per heavy atom. The first kappa shape index (κ1) is 18.2. The summed E-state index contributed by atoms with van der Waals surface area (Å²) in [5, 5.41) is 9.52. The van der Waals surface area contributed by atoms with Gasteiger partial charge in [0.2, 0.25) is 0 Å². The third-order valence-corrected chi connectivity index (χ3v) is 5.36. The van der Waals surface area contributed by atoms with E-state index < -0.39 is 0 Å². The summed E-state index contributed by atoms with van der Waals surface area (Å²) in [6.07, 6.45) is 0. The van der Waals surface area contributed by atoms with E-state index in [2.05, 4.69) is 26.1 Å². The zero-order chi connectivity index (χ0) is 17.8. The van der Waals surface area contributed by atoms with Crippen LogP contribution in [0.1, 0.15) is 11.4 Å². The van der Waals surface area contributed by atoms with Crippen LogP contribution in [-0.4, -0.2) is 14.8 Å². The number of hydrogen-bond donors (Lipinski definition) is 0. The molecule has 0 atom stereocenters. The molecule has 2 aromatic carbocycles. The highest BCUT2D eigenvalue weighted by molar-refractivity contribution is 9.10. The van der Waals surface area contributed by atoms with Crippen molar-refractivity contribution in [2.24, 2.45) is 7.05 Å². The normalized spacial score (nSPS) is 10.9. The van der Waals surface area contributed by atoms with Crippen molar-refractivity contribution in [2.45, 2.75) is 17.5 Å². The van der Waals surface area contributed by atoms with Crippen molar-refractivity contribution in [3.63, 3.8) is 0 Å². The Morgan fingerprint density at radius 3 is 2.80 bits per heavy atom. The minimum atomic E-state index is -0.244. The Labute approximate surface area is 162 Å². The van der Waals surface area contributed by atoms with Crippen LogP contribution in [0.2, 0.25) is 5.02 Å². The zero-order valence-corrected chi connectivity index (χ0v) is 16.4. The Balaban J connectivity index is 1.64. The molecule has 0 spiro atoms. The number of ether oxygens (including phenoxy) is 1. The number of hydrogen-bond acceptors (Lipinski definition) is 4. The fourth-order valence-electron chi connectivity index (χ4n) is 2.08. The molecule has 1 aromatic heterocycles. The maximum absolute atomic E-state index is 13.9. The topological polar surface area (TPSA) is 39.9 Å². The van der Waals surface area contributed by atoms with Gasteiger partial charge in [0, 0.05) is 17.3 Å². The molecule has 0 unspecified atom stereocenters. The van der Waals surface area contributed by atoms with Crippen LogP contribution in [0.15, 0.2) is 52.1 Å². The minimum absolute atomic E-state index is 0.244. The highest BCUT2D eigenvalue weighted by Gasteiger charge is 2.12. The first-order valence-corrected chi connectivity index (χ1v) is 9.52. The molecule has 4 nitrogen and oxygen atoms in total. The summed E-state index contributed by atoms with van der Waals surface area (Å²) in [6.45, 7) is 0.250. The van der Waals surface area contributed by atoms with Gasteiger partial charge in [0.15, 0.2) is 11.0 Å². The second-order valence-corrected chi connectivity index (χ2v) is 7.47. The summed E-state index contributed by atoms with van der Waals surface area (Å²) in [5.41, 5.74) is 0.616. The summed E-state index contributed by atoms with van der Waals surface area (Å²) in [7, 11) is 1.85. The van der Waals surface area contributed by atoms with Gasteiger partial charge in [0.05, 0.1) is 5.02 Å². The predicted molar refractivity (Wildman–Crippen MR) is 100 cm³/mol. The average molecular weight is 443 g/mol. The zero-order valence-electron chi connectivity index (χ0n) is 13.2. The van der Waals surface area contributed by atoms with Crippen LogP contribution >= 0.6 is 39.3 Å². The maximum Gasteiger partial charge on any atom is 0.191 e. The van der Waals surface area contributed by atoms with Crippen molar-refractivity contribution in [1.29, 1.82) is 0 Å². The lowest BCUT2D eigenvalue weighted by atomic mass is 10.2. The van der Waals surface area contributed by atoms with Gasteiger partial charge in [-0.2, -0.15) is 0 Å². The van der Waals surface area contributed by atoms with Crippen molar-refractivity contribution < 1.29 is 9.13 Å². The van der Waals surface area contributed by atoms with Crippen LogP contribution in [0.3, 0.4) is 0 Å². The molecule has 3 aromatic rings. The number of nitrogens with zero attached hydrogens (tertiary/aromatic N) is 3. The molecule has 25 heavy (non-hydrogen) atoms. The summed E-state index contributed by atoms with van der Waals surface area (Å²) in [6, 6.07) is 12.3. The summed E-state index contributed by atoms with van der Waals surface area (Å²) < 4.78 is 22.1. The van der Waals surface area contributed by atoms with Crippen molar-refractivity contribution in [1.82, 2.24) is 14.8 Å². The van der Waals surface area contributed by atoms with Crippen LogP contribution in [0.25, 0.3) is 0 Å². The van der Waals surface area contributed by atoms with E-state index in [1.807, 2.05) is 29.8 Å². The van der Waals surface area contributed by atoms with E-state index in [1.165, 1.54) is 17.8 Å². The third kappa shape index (κ3) is 4.54. The number of thioether (sulfide) groups is 1. The number of benzene rings is 2. The number of aromatic nitrogens is 3. The highest BCUT2D eigenvalue weighted by atomic mass is 79.9. The van der Waals surface area contributed by atoms with Crippen LogP contribution in [0, 0.1) is 5.82 Å². The van der Waals surface area contributed by atoms with E-state index >= 15 is 0 Å². The predicted octanol–water partition coefficient (Wildman–Crippen LogP) is 5.24. The lowest BCUT2D eigenvalue weighted by Crippen LogP contribution is -2.04. The lowest BCUT2D eigenvalue weighted by molar-refractivity contribution is 0.290. The van der Waals surface area contributed by atoms with E-state index in [9.17, 15) is 4.39 Å². The van der Waals surface area contributed by atoms with Gasteiger partial charge in [-0.05, 0) is 29.8 Å². The molecule has 0 saturated heterocycles. The first-order chi connectivity index (χ1) is 12.0. The molecule has 0 amide bonds. The highest BCUT2D eigenvalue weighted by Crippen LogP contribution is 2.26. The second kappa shape index (κ2) is 8.21. The van der Waals surface area contributed by atoms with Gasteiger partial charge in [-0.1, -0.05) is 57.5 Å². The summed E-state index contributed by atoms with van der Waals surface area (Å²) in [5.74, 6) is 1.49. The van der Waals surface area contributed by atoms with Crippen molar-refractivity contribution >= 4 is 39.3 Å². The molecule has 8 heteroatoms. The Morgan fingerprint density at radius 2 is 2.04 bits per heavy atom. The quantitative estimate of drug-likeness (QED) is 0.489. The largest absolute Gasteiger partial charge is 0.484 e. The van der Waals surface area contributed by atoms with E-state index in [-0.39, 0.29) is 12.4 Å². The van der Waals surface area contributed by atoms with E-state index in [4.69, 9.17) is 16.3 Å². The van der Waals surface area contributed by atoms with Crippen molar-refractivity contribution in [2.75, 3.05) is 0 Å². The van der Waals surface area contributed by atoms with Crippen LogP contribution in [-0.2, 0) is 19.4 Å². The molecular weight excluding hydrogens is 429 g/mol. The van der Waals surface area contributed by atoms with E-state index in [0.29, 0.717) is 33.1 Å². The van der Waals surface area contributed by atoms with Gasteiger partial charge < -0.3 is 9.30 Å². The number of halogens is 3. The van der Waals surface area contributed by atoms with E-state index in [1.54, 1.807) is 18.2 Å². The van der Waals surface area contributed by atoms with Gasteiger partial charge in [0.1, 0.15) is 18.2 Å². The third-order valence-electron chi connectivity index (χ3n) is 3.49. The summed E-state index contributed by atoms with van der Waals surface area (Å²) >= 11 is 10.7. The van der Waals surface area contributed by atoms with Gasteiger partial charge in [-0.15, -0.1) is 10.2 Å². The molecule has 0 fully saturated rings. The molecule has 0 aliphatic carbocycles. The molecule has 130 valence electrons. The molecule has 0 N–H and O–H groups in total. The van der Waals surface area contributed by atoms with E-state index in [0.717, 1.165) is 4.47 Å². The fraction of sp³-hybridized carbons (Fsp3) is 0.176. The molecule has 0 aliphatic heterocycles. The fourth-order valence-corrected chi connectivity index (χ4v) is 3.52. The lowest BCUT2D eigenvalue weighted by Gasteiger charge is -2.08. The van der Waals surface area contributed by atoms with Crippen LogP contribution < -0.4 is 4.74 Å². The number of para-hydroxylation sites is 1. The van der Waals surface area contributed by atoms with Crippen LogP contribution in [0.4, 0.5) is 4.39 Å². The molecule has 3 rings (SSSR count). The molecule has 0 saturated carbocycles. The van der Waals surface area contributed by atoms with Gasteiger partial charge in [-0.25, -0.2) is 4.39 Å². The first-order valence-electron chi connectivity index (χ1n) is 7.37. The van der Waals surface area contributed by atoms with Gasteiger partial charge in [0.25, 0.3) is 0 Å². The Bertz CT molecular complexity index is 890. The smallest absolute Gasteiger partial charge is 0.191 e. The van der Waals surface area contributed by atoms with Crippen molar-refractivity contribution in [3.05, 3.63) is 69.2 Å². The van der Waals surface area contributed by atoms with Crippen molar-refractivity contribution in [3.8, 4) is 5.75 Å². The standard InChI is InChI=1S/C17H14BrClFN3OS/c1-23-16(9-24-15-5-3-2-4-13(15)19)21-22-17(23)25-10-11-6-7-12(18)8-14(11)20/h2-8H,9-10H2,1H3. The van der Waals surface area contributed by atoms with Gasteiger partial charge >= 0.3 is 0 Å². The van der Waals surface area contributed by atoms with Crippen LogP contribution in [0.5, 0.6) is 5.75 Å². The van der Waals surface area contributed by atoms with Gasteiger partial charge in [-0.3, -0.25) is 0 Å². The molecule has 0 radical (unpaired) electrons. The molecular formula is C17H14BrClFN3OS. The monoisotopic (exact) mass is 441 g/mol. The Kier molecular flexibility index (Phi) is 5.98. The maximum atomic E-state index is 13.9. The average Bonchev–Trinajstić information content (AvgIpc) is 2.94. The minimum Gasteiger partial charge on any atom is -0.484 e. The summed E-state index contributed by atoms with van der Waals surface area (Å²) in [4.78, 5) is 0. The molecule has 1 heterocycles. The Hall–Kier alpha value is -1.57. The number of rotatable bonds is 6. The molecule has 0 aliphatic rings. The second-order valence-electron chi connectivity index (χ2n) is 5.20.